The Morgan fingerprint density at radius 1 is 1.18 bits per heavy atom. The second kappa shape index (κ2) is 9.67. The van der Waals surface area contributed by atoms with Crippen LogP contribution in [0.4, 0.5) is 10.5 Å². The monoisotopic (exact) mass is 545 g/mol. The largest absolute Gasteiger partial charge is 0.508 e. The Hall–Kier alpha value is -3.94. The summed E-state index contributed by atoms with van der Waals surface area (Å²) in [6.07, 6.45) is -1.99. The summed E-state index contributed by atoms with van der Waals surface area (Å²) in [7, 11) is 2.86. The Labute approximate surface area is 223 Å². The molecule has 0 spiro atoms. The lowest BCUT2D eigenvalue weighted by atomic mass is 9.54. The summed E-state index contributed by atoms with van der Waals surface area (Å²) in [6, 6.07) is 1.42. The summed E-state index contributed by atoms with van der Waals surface area (Å²) >= 11 is 0. The van der Waals surface area contributed by atoms with E-state index in [9.17, 15) is 44.7 Å². The molecule has 2 amide bonds. The minimum Gasteiger partial charge on any atom is -0.508 e. The van der Waals surface area contributed by atoms with E-state index in [4.69, 9.17) is 10.5 Å². The van der Waals surface area contributed by atoms with Crippen molar-refractivity contribution in [2.45, 2.75) is 43.9 Å². The molecule has 6 atom stereocenters. The number of aromatic hydroxyl groups is 1. The highest BCUT2D eigenvalue weighted by atomic mass is 16.5. The van der Waals surface area contributed by atoms with Gasteiger partial charge in [-0.1, -0.05) is 19.9 Å². The number of carbonyl (C=O) groups excluding carboxylic acids is 4. The summed E-state index contributed by atoms with van der Waals surface area (Å²) in [5.41, 5.74) is 0.724. The highest BCUT2D eigenvalue weighted by Gasteiger charge is 2.68. The molecule has 1 saturated carbocycles. The first kappa shape index (κ1) is 28.1. The number of likely N-dealkylation sites (N-methyl/N-ethyl adjacent to an activating group) is 1. The first-order valence-corrected chi connectivity index (χ1v) is 12.3. The molecule has 0 unspecified atom stereocenters. The maximum absolute atomic E-state index is 13.9. The number of primary amides is 1. The van der Waals surface area contributed by atoms with Gasteiger partial charge < -0.3 is 36.0 Å². The number of phenolic OH excluding ortho intramolecular Hbond substituents is 1. The third-order valence-electron chi connectivity index (χ3n) is 7.80. The number of ketones is 2. The molecule has 1 fully saturated rings. The molecule has 8 N–H and O–H groups in total. The van der Waals surface area contributed by atoms with Crippen LogP contribution in [0.5, 0.6) is 5.75 Å². The van der Waals surface area contributed by atoms with E-state index in [1.54, 1.807) is 13.8 Å². The van der Waals surface area contributed by atoms with Crippen LogP contribution in [0.15, 0.2) is 29.0 Å². The molecule has 39 heavy (non-hydrogen) atoms. The average Bonchev–Trinajstić information content (AvgIpc) is 2.85. The van der Waals surface area contributed by atoms with Crippen molar-refractivity contribution in [1.82, 2.24) is 4.90 Å². The Balaban J connectivity index is 1.94. The smallest absolute Gasteiger partial charge is 0.411 e. The van der Waals surface area contributed by atoms with E-state index in [2.05, 4.69) is 5.32 Å². The SMILES string of the molecule is CCCOC(=O)Nc1ccc2c(c1O)C(O)=C1C(=O)[C@@]3(O)C(O)=C(C(N)=O)C(=O)[C@H](N(C)C)[C@H]3[C@H](O)[C@H]1[C@@H]2C. The number of fused-ring (bicyclic) bond motifs is 3. The van der Waals surface area contributed by atoms with Crippen molar-refractivity contribution in [1.29, 1.82) is 0 Å². The van der Waals surface area contributed by atoms with Crippen LogP contribution in [0.25, 0.3) is 5.76 Å². The lowest BCUT2D eigenvalue weighted by molar-refractivity contribution is -0.169. The average molecular weight is 546 g/mol. The fraction of sp³-hybridized carbons (Fsp3) is 0.462. The van der Waals surface area contributed by atoms with Crippen molar-refractivity contribution in [2.24, 2.45) is 17.6 Å². The minimum atomic E-state index is -3.00. The summed E-state index contributed by atoms with van der Waals surface area (Å²) in [5, 5.41) is 58.8. The molecule has 0 saturated heterocycles. The van der Waals surface area contributed by atoms with E-state index in [1.165, 1.54) is 31.1 Å². The molecule has 210 valence electrons. The van der Waals surface area contributed by atoms with Crippen LogP contribution in [0, 0.1) is 11.8 Å². The van der Waals surface area contributed by atoms with Crippen molar-refractivity contribution < 1.29 is 49.4 Å². The quantitative estimate of drug-likeness (QED) is 0.199. The number of carbonyl (C=O) groups is 4. The summed E-state index contributed by atoms with van der Waals surface area (Å²) < 4.78 is 4.95. The zero-order valence-electron chi connectivity index (χ0n) is 21.8. The molecule has 0 aliphatic heterocycles. The second-order valence-electron chi connectivity index (χ2n) is 10.2. The van der Waals surface area contributed by atoms with Gasteiger partial charge in [0.1, 0.15) is 22.8 Å². The Morgan fingerprint density at radius 3 is 2.38 bits per heavy atom. The van der Waals surface area contributed by atoms with Gasteiger partial charge in [-0.25, -0.2) is 4.79 Å². The molecule has 4 rings (SSSR count). The number of rotatable bonds is 5. The third kappa shape index (κ3) is 3.87. The Bertz CT molecular complexity index is 1350. The van der Waals surface area contributed by atoms with Crippen LogP contribution in [0.3, 0.4) is 0 Å². The zero-order valence-corrected chi connectivity index (χ0v) is 21.8. The van der Waals surface area contributed by atoms with Gasteiger partial charge in [0, 0.05) is 11.5 Å². The topological polar surface area (TPSA) is 220 Å². The third-order valence-corrected chi connectivity index (χ3v) is 7.80. The lowest BCUT2D eigenvalue weighted by Gasteiger charge is -2.53. The number of amides is 2. The maximum atomic E-state index is 13.9. The number of nitrogens with one attached hydrogen (secondary N) is 1. The van der Waals surface area contributed by atoms with Crippen molar-refractivity contribution >= 4 is 35.0 Å². The highest BCUT2D eigenvalue weighted by Crippen LogP contribution is 2.56. The molecular formula is C26H31N3O10. The van der Waals surface area contributed by atoms with E-state index in [0.717, 1.165) is 0 Å². The molecule has 3 aliphatic rings. The number of nitrogens with zero attached hydrogens (tertiary/aromatic N) is 1. The Kier molecular flexibility index (Phi) is 6.96. The van der Waals surface area contributed by atoms with Crippen molar-refractivity contribution in [3.63, 3.8) is 0 Å². The number of hydrogen-bond acceptors (Lipinski definition) is 11. The van der Waals surface area contributed by atoms with Gasteiger partial charge >= 0.3 is 6.09 Å². The number of aliphatic hydroxyl groups is 4. The van der Waals surface area contributed by atoms with Gasteiger partial charge in [0.25, 0.3) is 5.91 Å². The first-order chi connectivity index (χ1) is 18.2. The van der Waals surface area contributed by atoms with E-state index in [-0.39, 0.29) is 17.9 Å². The van der Waals surface area contributed by atoms with Crippen LogP contribution in [-0.2, 0) is 19.1 Å². The van der Waals surface area contributed by atoms with Crippen LogP contribution < -0.4 is 11.1 Å². The Morgan fingerprint density at radius 2 is 1.82 bits per heavy atom. The minimum absolute atomic E-state index is 0.123. The fourth-order valence-corrected chi connectivity index (χ4v) is 6.06. The molecule has 1 aromatic rings. The van der Waals surface area contributed by atoms with Gasteiger partial charge in [-0.15, -0.1) is 0 Å². The molecule has 0 bridgehead atoms. The molecule has 1 aromatic carbocycles. The number of hydrogen-bond donors (Lipinski definition) is 7. The summed E-state index contributed by atoms with van der Waals surface area (Å²) in [6.45, 7) is 3.53. The van der Waals surface area contributed by atoms with Crippen LogP contribution >= 0.6 is 0 Å². The van der Waals surface area contributed by atoms with Gasteiger partial charge in [0.2, 0.25) is 5.78 Å². The standard InChI is InChI=1S/C26H31N3O10/c1-5-8-39-25(37)28-11-7-6-10-9(2)12-14(19(31)13(10)18(11)30)22(34)26(38)16(20(12)32)17(29(3)4)21(33)15(23(26)35)24(27)36/h6-7,9,12,16-17,20,30-32,35,38H,5,8H2,1-4H3,(H2,27,36)(H,28,37)/t9-,12+,16+,17-,20-,26-/m1/s1. The van der Waals surface area contributed by atoms with Crippen LogP contribution in [-0.4, -0.2) is 92.4 Å². The number of benzene rings is 1. The normalized spacial score (nSPS) is 30.1. The maximum Gasteiger partial charge on any atom is 0.411 e. The lowest BCUT2D eigenvalue weighted by Crippen LogP contribution is -2.70. The fourth-order valence-electron chi connectivity index (χ4n) is 6.06. The van der Waals surface area contributed by atoms with E-state index in [1.807, 2.05) is 0 Å². The number of ether oxygens (including phenoxy) is 1. The molecule has 0 radical (unpaired) electrons. The number of aliphatic hydroxyl groups excluding tert-OH is 3. The molecule has 0 aromatic heterocycles. The first-order valence-electron chi connectivity index (χ1n) is 12.3. The number of Topliss-reactive ketones (excluding diaryl/α,β-unsaturated/α-hetero) is 2. The van der Waals surface area contributed by atoms with Crippen LogP contribution in [0.2, 0.25) is 0 Å². The second-order valence-corrected chi connectivity index (χ2v) is 10.2. The highest BCUT2D eigenvalue weighted by molar-refractivity contribution is 6.24. The van der Waals surface area contributed by atoms with Crippen molar-refractivity contribution in [3.05, 3.63) is 40.2 Å². The van der Waals surface area contributed by atoms with Gasteiger partial charge in [-0.2, -0.15) is 0 Å². The zero-order chi connectivity index (χ0) is 29.1. The predicted molar refractivity (Wildman–Crippen MR) is 136 cm³/mol. The van der Waals surface area contributed by atoms with Crippen molar-refractivity contribution in [2.75, 3.05) is 26.0 Å². The van der Waals surface area contributed by atoms with Gasteiger partial charge in [0.15, 0.2) is 11.4 Å². The molecule has 3 aliphatic carbocycles. The predicted octanol–water partition coefficient (Wildman–Crippen LogP) is 0.454. The van der Waals surface area contributed by atoms with Crippen LogP contribution in [0.1, 0.15) is 37.3 Å². The van der Waals surface area contributed by atoms with Gasteiger partial charge in [0.05, 0.1) is 35.9 Å². The molecular weight excluding hydrogens is 514 g/mol. The molecule has 13 heteroatoms. The van der Waals surface area contributed by atoms with E-state index >= 15 is 0 Å². The van der Waals surface area contributed by atoms with Gasteiger partial charge in [-0.3, -0.25) is 24.6 Å². The van der Waals surface area contributed by atoms with Gasteiger partial charge in [-0.05, 0) is 38.1 Å². The molecule has 13 nitrogen and oxygen atoms in total. The number of anilines is 1. The van der Waals surface area contributed by atoms with E-state index < -0.39 is 87.5 Å². The number of phenols is 1. The summed E-state index contributed by atoms with van der Waals surface area (Å²) in [4.78, 5) is 52.6. The number of nitrogens with two attached hydrogens (primary N) is 1. The summed E-state index contributed by atoms with van der Waals surface area (Å²) in [5.74, 6) is -9.93. The van der Waals surface area contributed by atoms with E-state index in [0.29, 0.717) is 12.0 Å². The van der Waals surface area contributed by atoms with Crippen molar-refractivity contribution in [3.8, 4) is 5.75 Å². The molecule has 0 heterocycles.